The topological polar surface area (TPSA) is 101 Å². The SMILES string of the molecule is C=C=C=C=C1C(CCCCC)CCOC(=O)OCCCCCCCCC(OC(=O)CCCN2CCCC2)CCCCCCCCOC(=O)OCCC1CCCCC. The second-order valence-electron chi connectivity index (χ2n) is 16.3. The summed E-state index contributed by atoms with van der Waals surface area (Å²) in [5.41, 5.74) is 10.2. The van der Waals surface area contributed by atoms with E-state index in [0.29, 0.717) is 32.5 Å². The molecule has 2 rings (SSSR count). The van der Waals surface area contributed by atoms with Gasteiger partial charge in [0.2, 0.25) is 0 Å². The minimum atomic E-state index is -0.614. The van der Waals surface area contributed by atoms with Gasteiger partial charge >= 0.3 is 18.3 Å². The maximum Gasteiger partial charge on any atom is 0.508 e. The van der Waals surface area contributed by atoms with Gasteiger partial charge in [-0.25, -0.2) is 9.59 Å². The van der Waals surface area contributed by atoms with E-state index < -0.39 is 12.3 Å². The van der Waals surface area contributed by atoms with E-state index in [1.807, 2.05) is 0 Å². The monoisotopic (exact) mass is 800 g/mol. The van der Waals surface area contributed by atoms with Crippen LogP contribution in [0.25, 0.3) is 0 Å². The summed E-state index contributed by atoms with van der Waals surface area (Å²) in [6, 6.07) is 0. The second-order valence-corrected chi connectivity index (χ2v) is 16.3. The molecule has 2 atom stereocenters. The van der Waals surface area contributed by atoms with Gasteiger partial charge in [0.05, 0.1) is 26.4 Å². The number of allylic oxidation sites excluding steroid dienone is 1. The highest BCUT2D eigenvalue weighted by Gasteiger charge is 2.24. The van der Waals surface area contributed by atoms with Crippen molar-refractivity contribution in [2.75, 3.05) is 46.1 Å². The summed E-state index contributed by atoms with van der Waals surface area (Å²) in [4.78, 5) is 40.3. The number of unbranched alkanes of at least 4 members (excludes halogenated alkanes) is 4. The van der Waals surface area contributed by atoms with Gasteiger partial charge in [0.25, 0.3) is 0 Å². The van der Waals surface area contributed by atoms with Crippen LogP contribution >= 0.6 is 0 Å². The zero-order chi connectivity index (χ0) is 41.0. The van der Waals surface area contributed by atoms with Crippen molar-refractivity contribution in [3.63, 3.8) is 0 Å². The number of carbonyl (C=O) groups excluding carboxylic acids is 3. The molecule has 2 unspecified atom stereocenters. The first kappa shape index (κ1) is 50.2. The van der Waals surface area contributed by atoms with Crippen LogP contribution in [0.3, 0.4) is 0 Å². The Morgan fingerprint density at radius 1 is 0.632 bits per heavy atom. The van der Waals surface area contributed by atoms with Gasteiger partial charge in [-0.2, -0.15) is 0 Å². The first-order chi connectivity index (χ1) is 28.0. The highest BCUT2D eigenvalue weighted by molar-refractivity contribution is 5.69. The number of rotatable bonds is 13. The summed E-state index contributed by atoms with van der Waals surface area (Å²) in [6.07, 6.45) is 26.7. The third-order valence-electron chi connectivity index (χ3n) is 11.5. The summed E-state index contributed by atoms with van der Waals surface area (Å²) in [6.45, 7) is 12.6. The molecular weight excluding hydrogens is 719 g/mol. The van der Waals surface area contributed by atoms with Gasteiger partial charge < -0.3 is 28.6 Å². The summed E-state index contributed by atoms with van der Waals surface area (Å²) in [5, 5.41) is 0. The van der Waals surface area contributed by atoms with Crippen molar-refractivity contribution in [1.82, 2.24) is 4.90 Å². The summed E-state index contributed by atoms with van der Waals surface area (Å²) in [7, 11) is 0. The van der Waals surface area contributed by atoms with E-state index in [-0.39, 0.29) is 37.1 Å². The van der Waals surface area contributed by atoms with Crippen LogP contribution in [0.15, 0.2) is 29.3 Å². The van der Waals surface area contributed by atoms with E-state index in [4.69, 9.17) is 23.7 Å². The molecule has 0 aromatic heterocycles. The van der Waals surface area contributed by atoms with Gasteiger partial charge in [0.1, 0.15) is 6.10 Å². The molecule has 326 valence electrons. The minimum absolute atomic E-state index is 0.00949. The van der Waals surface area contributed by atoms with E-state index in [2.05, 4.69) is 42.5 Å². The van der Waals surface area contributed by atoms with Gasteiger partial charge in [0, 0.05) is 6.42 Å². The number of carbonyl (C=O) groups is 3. The minimum Gasteiger partial charge on any atom is -0.462 e. The molecular formula is C48H81NO8. The Kier molecular flexibility index (Phi) is 30.9. The molecule has 9 nitrogen and oxygen atoms in total. The Bertz CT molecular complexity index is 1120. The predicted octanol–water partition coefficient (Wildman–Crippen LogP) is 12.8. The second kappa shape index (κ2) is 35.0. The number of ether oxygens (including phenoxy) is 5. The lowest BCUT2D eigenvalue weighted by molar-refractivity contribution is -0.150. The Hall–Kier alpha value is -2.95. The van der Waals surface area contributed by atoms with Crippen LogP contribution in [0.1, 0.15) is 194 Å². The smallest absolute Gasteiger partial charge is 0.462 e. The van der Waals surface area contributed by atoms with Crippen LogP contribution in [0.2, 0.25) is 0 Å². The van der Waals surface area contributed by atoms with Crippen LogP contribution in [-0.2, 0) is 28.5 Å². The third-order valence-corrected chi connectivity index (χ3v) is 11.5. The molecule has 9 heteroatoms. The molecule has 0 aromatic rings. The Balaban J connectivity index is 1.98. The molecule has 0 N–H and O–H groups in total. The van der Waals surface area contributed by atoms with Crippen LogP contribution in [0.4, 0.5) is 9.59 Å². The molecule has 0 aliphatic carbocycles. The molecule has 0 saturated carbocycles. The normalized spacial score (nSPS) is 23.0. The number of nitrogens with zero attached hydrogens (tertiary/aromatic N) is 1. The molecule has 0 radical (unpaired) electrons. The zero-order valence-corrected chi connectivity index (χ0v) is 36.4. The Morgan fingerprint density at radius 3 is 1.60 bits per heavy atom. The molecule has 2 aliphatic rings. The van der Waals surface area contributed by atoms with Crippen molar-refractivity contribution in [3.05, 3.63) is 29.3 Å². The molecule has 2 aliphatic heterocycles. The Morgan fingerprint density at radius 2 is 1.11 bits per heavy atom. The molecule has 0 amide bonds. The lowest BCUT2D eigenvalue weighted by atomic mass is 9.79. The maximum absolute atomic E-state index is 12.8. The predicted molar refractivity (Wildman–Crippen MR) is 228 cm³/mol. The highest BCUT2D eigenvalue weighted by Crippen LogP contribution is 2.33. The Labute approximate surface area is 347 Å². The fourth-order valence-corrected chi connectivity index (χ4v) is 8.13. The summed E-state index contributed by atoms with van der Waals surface area (Å²) >= 11 is 0. The van der Waals surface area contributed by atoms with E-state index >= 15 is 0 Å². The van der Waals surface area contributed by atoms with Crippen LogP contribution in [-0.4, -0.2) is 75.3 Å². The number of hydrogen-bond donors (Lipinski definition) is 0. The maximum atomic E-state index is 12.8. The number of hydrogen-bond acceptors (Lipinski definition) is 9. The first-order valence-electron chi connectivity index (χ1n) is 23.4. The molecule has 2 fully saturated rings. The van der Waals surface area contributed by atoms with Crippen molar-refractivity contribution in [3.8, 4) is 0 Å². The number of likely N-dealkylation sites (tertiary alicyclic amines) is 1. The van der Waals surface area contributed by atoms with Crippen LogP contribution in [0.5, 0.6) is 0 Å². The lowest BCUT2D eigenvalue weighted by Gasteiger charge is -2.26. The van der Waals surface area contributed by atoms with Crippen molar-refractivity contribution in [2.24, 2.45) is 11.8 Å². The average molecular weight is 800 g/mol. The van der Waals surface area contributed by atoms with Gasteiger partial charge in [-0.1, -0.05) is 115 Å². The van der Waals surface area contributed by atoms with Crippen molar-refractivity contribution >= 4 is 18.3 Å². The quantitative estimate of drug-likeness (QED) is 0.0780. The first-order valence-corrected chi connectivity index (χ1v) is 23.4. The van der Waals surface area contributed by atoms with Crippen molar-refractivity contribution < 1.29 is 38.1 Å². The van der Waals surface area contributed by atoms with Crippen molar-refractivity contribution in [2.45, 2.75) is 200 Å². The molecule has 2 heterocycles. The number of cyclic esters (lactones) is 4. The van der Waals surface area contributed by atoms with E-state index in [1.54, 1.807) is 0 Å². The van der Waals surface area contributed by atoms with Gasteiger partial charge in [-0.15, -0.1) is 0 Å². The van der Waals surface area contributed by atoms with E-state index in [9.17, 15) is 14.4 Å². The highest BCUT2D eigenvalue weighted by atomic mass is 16.7. The molecule has 0 spiro atoms. The van der Waals surface area contributed by atoms with E-state index in [1.165, 1.54) is 12.8 Å². The van der Waals surface area contributed by atoms with Gasteiger partial charge in [0.15, 0.2) is 0 Å². The molecule has 57 heavy (non-hydrogen) atoms. The average Bonchev–Trinajstić information content (AvgIpc) is 3.72. The van der Waals surface area contributed by atoms with Crippen LogP contribution < -0.4 is 0 Å². The zero-order valence-electron chi connectivity index (χ0n) is 36.4. The molecule has 2 saturated heterocycles. The standard InChI is InChI=1S/C48H81NO8/c1-4-7-18-27-42-33-40-55-47(51)53-38-24-16-12-10-14-20-29-44(57-46(50)32-26-37-49-35-22-23-36-49)30-21-15-11-13-17-25-39-54-48(52)56-41-34-43(28-19-8-5-2)45(42)31-9-6-3/h42-44H,3-5,7-8,10-30,32-41H2,1-2H3. The fourth-order valence-electron chi connectivity index (χ4n) is 8.13. The molecule has 0 aromatic carbocycles. The van der Waals surface area contributed by atoms with E-state index in [0.717, 1.165) is 173 Å². The van der Waals surface area contributed by atoms with Gasteiger partial charge in [-0.05, 0) is 133 Å². The largest absolute Gasteiger partial charge is 0.508 e. The fraction of sp³-hybridized carbons (Fsp3) is 0.833. The third kappa shape index (κ3) is 26.6. The number of esters is 1. The summed E-state index contributed by atoms with van der Waals surface area (Å²) in [5.74, 6) is 0.221. The summed E-state index contributed by atoms with van der Waals surface area (Å²) < 4.78 is 28.1. The van der Waals surface area contributed by atoms with Gasteiger partial charge in [-0.3, -0.25) is 4.79 Å². The van der Waals surface area contributed by atoms with Crippen LogP contribution in [0, 0.1) is 11.8 Å². The lowest BCUT2D eigenvalue weighted by Crippen LogP contribution is -2.23. The van der Waals surface area contributed by atoms with Crippen molar-refractivity contribution in [1.29, 1.82) is 0 Å². The molecule has 0 bridgehead atoms.